The van der Waals surface area contributed by atoms with Gasteiger partial charge in [-0.15, -0.1) is 11.8 Å². The molecule has 1 aromatic carbocycles. The Bertz CT molecular complexity index is 556. The monoisotopic (exact) mass is 297 g/mol. The van der Waals surface area contributed by atoms with Crippen LogP contribution >= 0.6 is 11.8 Å². The summed E-state index contributed by atoms with van der Waals surface area (Å²) >= 11 is 1.90. The molecule has 19 heavy (non-hydrogen) atoms. The average Bonchev–Trinajstić information content (AvgIpc) is 2.94. The van der Waals surface area contributed by atoms with Crippen molar-refractivity contribution < 1.29 is 8.42 Å². The van der Waals surface area contributed by atoms with Gasteiger partial charge in [-0.25, -0.2) is 8.42 Å². The first-order chi connectivity index (χ1) is 9.17. The molecule has 2 heterocycles. The van der Waals surface area contributed by atoms with E-state index in [2.05, 4.69) is 29.6 Å². The SMILES string of the molecule is O=S1(=O)CCCC1CNCC1CSc2ccccc21. The molecule has 3 rings (SSSR count). The van der Waals surface area contributed by atoms with Crippen molar-refractivity contribution in [3.63, 3.8) is 0 Å². The van der Waals surface area contributed by atoms with Crippen LogP contribution in [0.4, 0.5) is 0 Å². The molecule has 2 aliphatic rings. The van der Waals surface area contributed by atoms with Crippen molar-refractivity contribution in [3.05, 3.63) is 29.8 Å². The van der Waals surface area contributed by atoms with Crippen LogP contribution in [-0.4, -0.2) is 38.3 Å². The molecule has 0 aliphatic carbocycles. The second-order valence-electron chi connectivity index (χ2n) is 5.34. The Kier molecular flexibility index (Phi) is 3.87. The molecule has 0 saturated carbocycles. The summed E-state index contributed by atoms with van der Waals surface area (Å²) in [6, 6.07) is 8.52. The lowest BCUT2D eigenvalue weighted by atomic mass is 10.0. The van der Waals surface area contributed by atoms with Crippen molar-refractivity contribution in [2.45, 2.75) is 28.9 Å². The van der Waals surface area contributed by atoms with Crippen LogP contribution in [0.5, 0.6) is 0 Å². The third-order valence-electron chi connectivity index (χ3n) is 4.02. The van der Waals surface area contributed by atoms with Crippen molar-refractivity contribution in [1.82, 2.24) is 5.32 Å². The summed E-state index contributed by atoms with van der Waals surface area (Å²) in [4.78, 5) is 1.38. The van der Waals surface area contributed by atoms with Crippen LogP contribution < -0.4 is 5.32 Å². The van der Waals surface area contributed by atoms with Crippen LogP contribution in [0.2, 0.25) is 0 Å². The van der Waals surface area contributed by atoms with E-state index in [0.29, 0.717) is 18.2 Å². The fraction of sp³-hybridized carbons (Fsp3) is 0.571. The topological polar surface area (TPSA) is 46.2 Å². The molecule has 2 atom stereocenters. The molecule has 2 aliphatic heterocycles. The molecule has 2 unspecified atom stereocenters. The van der Waals surface area contributed by atoms with Crippen LogP contribution in [0.1, 0.15) is 24.3 Å². The average molecular weight is 297 g/mol. The molecule has 0 spiro atoms. The first-order valence-corrected chi connectivity index (χ1v) is 9.51. The maximum Gasteiger partial charge on any atom is 0.154 e. The van der Waals surface area contributed by atoms with Crippen LogP contribution in [0.15, 0.2) is 29.2 Å². The van der Waals surface area contributed by atoms with Crippen molar-refractivity contribution in [2.24, 2.45) is 0 Å². The van der Waals surface area contributed by atoms with Gasteiger partial charge in [-0.05, 0) is 24.5 Å². The molecule has 0 bridgehead atoms. The molecule has 104 valence electrons. The lowest BCUT2D eigenvalue weighted by Crippen LogP contribution is -2.33. The maximum atomic E-state index is 11.7. The van der Waals surface area contributed by atoms with Gasteiger partial charge in [0.25, 0.3) is 0 Å². The second kappa shape index (κ2) is 5.46. The summed E-state index contributed by atoms with van der Waals surface area (Å²) in [5.41, 5.74) is 1.41. The van der Waals surface area contributed by atoms with E-state index in [0.717, 1.165) is 25.1 Å². The molecule has 0 radical (unpaired) electrons. The quantitative estimate of drug-likeness (QED) is 0.924. The van der Waals surface area contributed by atoms with E-state index in [1.807, 2.05) is 11.8 Å². The van der Waals surface area contributed by atoms with Gasteiger partial charge in [-0.3, -0.25) is 0 Å². The molecule has 5 heteroatoms. The largest absolute Gasteiger partial charge is 0.315 e. The first-order valence-electron chi connectivity index (χ1n) is 6.81. The summed E-state index contributed by atoms with van der Waals surface area (Å²) in [5, 5.41) is 3.22. The fourth-order valence-corrected chi connectivity index (χ4v) is 5.96. The smallest absolute Gasteiger partial charge is 0.154 e. The lowest BCUT2D eigenvalue weighted by molar-refractivity contribution is 0.563. The summed E-state index contributed by atoms with van der Waals surface area (Å²) in [7, 11) is -2.81. The van der Waals surface area contributed by atoms with Gasteiger partial charge in [0.1, 0.15) is 0 Å². The highest BCUT2D eigenvalue weighted by Crippen LogP contribution is 2.38. The molecule has 0 amide bonds. The van der Waals surface area contributed by atoms with Crippen LogP contribution in [0.25, 0.3) is 0 Å². The summed E-state index contributed by atoms with van der Waals surface area (Å²) in [6.07, 6.45) is 1.65. The zero-order valence-electron chi connectivity index (χ0n) is 10.8. The summed E-state index contributed by atoms with van der Waals surface area (Å²) in [5.74, 6) is 2.00. The Morgan fingerprint density at radius 3 is 2.89 bits per heavy atom. The van der Waals surface area contributed by atoms with Crippen LogP contribution in [0, 0.1) is 0 Å². The van der Waals surface area contributed by atoms with Gasteiger partial charge in [0, 0.05) is 29.7 Å². The van der Waals surface area contributed by atoms with Crippen molar-refractivity contribution in [2.75, 3.05) is 24.6 Å². The maximum absolute atomic E-state index is 11.7. The summed E-state index contributed by atoms with van der Waals surface area (Å²) < 4.78 is 23.5. The number of fused-ring (bicyclic) bond motifs is 1. The molecule has 1 saturated heterocycles. The standard InChI is InChI=1S/C14H19NO2S2/c16-19(17)7-3-4-12(19)9-15-8-11-10-18-14-6-2-1-5-13(11)14/h1-2,5-6,11-12,15H,3-4,7-10H2. The van der Waals surface area contributed by atoms with Gasteiger partial charge < -0.3 is 5.32 Å². The Balaban J connectivity index is 1.54. The van der Waals surface area contributed by atoms with Crippen LogP contribution in [-0.2, 0) is 9.84 Å². The number of hydrogen-bond donors (Lipinski definition) is 1. The Morgan fingerprint density at radius 1 is 1.26 bits per heavy atom. The number of nitrogens with one attached hydrogen (secondary N) is 1. The zero-order valence-corrected chi connectivity index (χ0v) is 12.5. The van der Waals surface area contributed by atoms with E-state index in [1.54, 1.807) is 0 Å². The minimum absolute atomic E-state index is 0.156. The molecule has 0 aromatic heterocycles. The minimum atomic E-state index is -2.81. The van der Waals surface area contributed by atoms with E-state index in [-0.39, 0.29) is 5.25 Å². The van der Waals surface area contributed by atoms with Crippen molar-refractivity contribution >= 4 is 21.6 Å². The molecule has 1 aromatic rings. The first kappa shape index (κ1) is 13.5. The molecule has 3 nitrogen and oxygen atoms in total. The molecule has 1 N–H and O–H groups in total. The minimum Gasteiger partial charge on any atom is -0.315 e. The summed E-state index contributed by atoms with van der Waals surface area (Å²) in [6.45, 7) is 1.50. The molecular formula is C14H19NO2S2. The van der Waals surface area contributed by atoms with Gasteiger partial charge in [-0.1, -0.05) is 18.2 Å². The van der Waals surface area contributed by atoms with Gasteiger partial charge in [0.15, 0.2) is 9.84 Å². The van der Waals surface area contributed by atoms with E-state index in [4.69, 9.17) is 0 Å². The number of benzene rings is 1. The third kappa shape index (κ3) is 2.83. The lowest BCUT2D eigenvalue weighted by Gasteiger charge is -2.14. The highest BCUT2D eigenvalue weighted by atomic mass is 32.2. The third-order valence-corrected chi connectivity index (χ3v) is 7.55. The van der Waals surface area contributed by atoms with Crippen molar-refractivity contribution in [1.29, 1.82) is 0 Å². The Labute approximate surface area is 119 Å². The Morgan fingerprint density at radius 2 is 2.11 bits per heavy atom. The predicted octanol–water partition coefficient (Wildman–Crippen LogP) is 2.04. The van der Waals surface area contributed by atoms with Gasteiger partial charge in [0.2, 0.25) is 0 Å². The van der Waals surface area contributed by atoms with E-state index >= 15 is 0 Å². The highest BCUT2D eigenvalue weighted by molar-refractivity contribution is 7.99. The Hall–Kier alpha value is -0.520. The fourth-order valence-electron chi connectivity index (χ4n) is 2.90. The van der Waals surface area contributed by atoms with E-state index in [9.17, 15) is 8.42 Å². The predicted molar refractivity (Wildman–Crippen MR) is 79.6 cm³/mol. The molecule has 1 fully saturated rings. The number of hydrogen-bond acceptors (Lipinski definition) is 4. The second-order valence-corrected chi connectivity index (χ2v) is 8.80. The normalized spacial score (nSPS) is 28.4. The zero-order chi connectivity index (χ0) is 13.3. The van der Waals surface area contributed by atoms with Gasteiger partial charge in [0.05, 0.1) is 11.0 Å². The molecular weight excluding hydrogens is 278 g/mol. The van der Waals surface area contributed by atoms with Gasteiger partial charge >= 0.3 is 0 Å². The van der Waals surface area contributed by atoms with E-state index in [1.165, 1.54) is 10.5 Å². The number of rotatable bonds is 4. The van der Waals surface area contributed by atoms with Gasteiger partial charge in [-0.2, -0.15) is 0 Å². The van der Waals surface area contributed by atoms with E-state index < -0.39 is 9.84 Å². The highest BCUT2D eigenvalue weighted by Gasteiger charge is 2.31. The van der Waals surface area contributed by atoms with Crippen molar-refractivity contribution in [3.8, 4) is 0 Å². The van der Waals surface area contributed by atoms with Crippen LogP contribution in [0.3, 0.4) is 0 Å². The number of thioether (sulfide) groups is 1. The number of sulfone groups is 1.